The van der Waals surface area contributed by atoms with Crippen molar-refractivity contribution in [2.24, 2.45) is 0 Å². The lowest BCUT2D eigenvalue weighted by Crippen LogP contribution is -2.17. The van der Waals surface area contributed by atoms with Gasteiger partial charge in [0.25, 0.3) is 0 Å². The van der Waals surface area contributed by atoms with Crippen molar-refractivity contribution in [1.29, 1.82) is 0 Å². The van der Waals surface area contributed by atoms with Crippen LogP contribution >= 0.6 is 11.6 Å². The third kappa shape index (κ3) is 2.33. The highest BCUT2D eigenvalue weighted by Crippen LogP contribution is 2.30. The summed E-state index contributed by atoms with van der Waals surface area (Å²) in [5, 5.41) is 3.15. The van der Waals surface area contributed by atoms with E-state index in [0.29, 0.717) is 5.56 Å². The van der Waals surface area contributed by atoms with E-state index >= 15 is 0 Å². The molecular formula is C12H10ClF2NO. The minimum absolute atomic E-state index is 0.171. The molecule has 0 amide bonds. The van der Waals surface area contributed by atoms with Crippen LogP contribution in [0.3, 0.4) is 0 Å². The maximum atomic E-state index is 13.2. The second-order valence-electron chi connectivity index (χ2n) is 3.57. The highest BCUT2D eigenvalue weighted by atomic mass is 35.5. The van der Waals surface area contributed by atoms with Crippen LogP contribution in [0.4, 0.5) is 8.78 Å². The highest BCUT2D eigenvalue weighted by Gasteiger charge is 2.18. The fraction of sp³-hybridized carbons (Fsp3) is 0.167. The fourth-order valence-corrected chi connectivity index (χ4v) is 1.96. The second kappa shape index (κ2) is 4.85. The van der Waals surface area contributed by atoms with Crippen molar-refractivity contribution >= 4 is 11.6 Å². The van der Waals surface area contributed by atoms with Gasteiger partial charge in [0.15, 0.2) is 11.6 Å². The molecule has 0 bridgehead atoms. The van der Waals surface area contributed by atoms with E-state index in [9.17, 15) is 8.78 Å². The van der Waals surface area contributed by atoms with E-state index in [2.05, 4.69) is 5.32 Å². The SMILES string of the molecule is CNC(c1ccoc1)c1cc(F)c(F)cc1Cl. The van der Waals surface area contributed by atoms with Crippen LogP contribution in [0.5, 0.6) is 0 Å². The van der Waals surface area contributed by atoms with Gasteiger partial charge in [-0.2, -0.15) is 0 Å². The minimum Gasteiger partial charge on any atom is -0.472 e. The van der Waals surface area contributed by atoms with Gasteiger partial charge in [0.2, 0.25) is 0 Å². The van der Waals surface area contributed by atoms with Gasteiger partial charge in [-0.3, -0.25) is 0 Å². The molecule has 0 radical (unpaired) electrons. The molecule has 1 N–H and O–H groups in total. The molecule has 1 aromatic heterocycles. The van der Waals surface area contributed by atoms with Gasteiger partial charge in [-0.15, -0.1) is 0 Å². The van der Waals surface area contributed by atoms with E-state index in [1.54, 1.807) is 13.1 Å². The Balaban J connectivity index is 2.48. The molecule has 5 heteroatoms. The predicted molar refractivity (Wildman–Crippen MR) is 61.0 cm³/mol. The third-order valence-electron chi connectivity index (χ3n) is 2.52. The predicted octanol–water partition coefficient (Wildman–Crippen LogP) is 3.52. The van der Waals surface area contributed by atoms with E-state index in [1.807, 2.05) is 0 Å². The number of hydrogen-bond acceptors (Lipinski definition) is 2. The van der Waals surface area contributed by atoms with Crippen LogP contribution in [-0.4, -0.2) is 7.05 Å². The van der Waals surface area contributed by atoms with Gasteiger partial charge in [-0.05, 0) is 30.8 Å². The van der Waals surface area contributed by atoms with Gasteiger partial charge >= 0.3 is 0 Å². The zero-order chi connectivity index (χ0) is 12.4. The molecule has 17 heavy (non-hydrogen) atoms. The first kappa shape index (κ1) is 12.1. The van der Waals surface area contributed by atoms with Crippen molar-refractivity contribution in [3.8, 4) is 0 Å². The Labute approximate surface area is 102 Å². The summed E-state index contributed by atoms with van der Waals surface area (Å²) in [6, 6.07) is 3.46. The van der Waals surface area contributed by atoms with Crippen LogP contribution in [0.1, 0.15) is 17.2 Å². The van der Waals surface area contributed by atoms with Gasteiger partial charge < -0.3 is 9.73 Å². The molecule has 1 unspecified atom stereocenters. The lowest BCUT2D eigenvalue weighted by molar-refractivity contribution is 0.504. The number of hydrogen-bond donors (Lipinski definition) is 1. The van der Waals surface area contributed by atoms with Crippen molar-refractivity contribution in [2.45, 2.75) is 6.04 Å². The zero-order valence-corrected chi connectivity index (χ0v) is 9.76. The number of benzene rings is 1. The Hall–Kier alpha value is -1.39. The quantitative estimate of drug-likeness (QED) is 0.851. The second-order valence-corrected chi connectivity index (χ2v) is 3.97. The van der Waals surface area contributed by atoms with Crippen molar-refractivity contribution in [1.82, 2.24) is 5.32 Å². The summed E-state index contributed by atoms with van der Waals surface area (Å²) in [5.74, 6) is -1.88. The molecule has 0 aliphatic heterocycles. The summed E-state index contributed by atoms with van der Waals surface area (Å²) in [5.41, 5.74) is 1.26. The minimum atomic E-state index is -0.958. The molecule has 2 nitrogen and oxygen atoms in total. The Morgan fingerprint density at radius 3 is 2.59 bits per heavy atom. The molecule has 0 fully saturated rings. The summed E-state index contributed by atoms with van der Waals surface area (Å²) >= 11 is 5.91. The van der Waals surface area contributed by atoms with E-state index < -0.39 is 11.6 Å². The maximum Gasteiger partial charge on any atom is 0.160 e. The summed E-state index contributed by atoms with van der Waals surface area (Å²) < 4.78 is 31.1. The molecule has 1 heterocycles. The van der Waals surface area contributed by atoms with Crippen molar-refractivity contribution in [2.75, 3.05) is 7.05 Å². The number of furan rings is 1. The van der Waals surface area contributed by atoms with Crippen LogP contribution in [0.2, 0.25) is 5.02 Å². The molecule has 0 saturated heterocycles. The smallest absolute Gasteiger partial charge is 0.160 e. The van der Waals surface area contributed by atoms with Crippen LogP contribution in [0.15, 0.2) is 35.1 Å². The van der Waals surface area contributed by atoms with E-state index in [1.165, 1.54) is 12.5 Å². The number of halogens is 3. The average Bonchev–Trinajstić information content (AvgIpc) is 2.80. The highest BCUT2D eigenvalue weighted by molar-refractivity contribution is 6.31. The molecule has 2 rings (SSSR count). The average molecular weight is 258 g/mol. The third-order valence-corrected chi connectivity index (χ3v) is 2.84. The van der Waals surface area contributed by atoms with Crippen LogP contribution in [0.25, 0.3) is 0 Å². The molecular weight excluding hydrogens is 248 g/mol. The Morgan fingerprint density at radius 1 is 1.29 bits per heavy atom. The summed E-state index contributed by atoms with van der Waals surface area (Å²) in [7, 11) is 1.70. The topological polar surface area (TPSA) is 25.2 Å². The fourth-order valence-electron chi connectivity index (χ4n) is 1.70. The zero-order valence-electron chi connectivity index (χ0n) is 9.01. The van der Waals surface area contributed by atoms with E-state index in [4.69, 9.17) is 16.0 Å². The maximum absolute atomic E-state index is 13.2. The lowest BCUT2D eigenvalue weighted by atomic mass is 10.0. The largest absolute Gasteiger partial charge is 0.472 e. The molecule has 2 aromatic rings. The van der Waals surface area contributed by atoms with Crippen molar-refractivity contribution < 1.29 is 13.2 Å². The molecule has 0 aliphatic carbocycles. The van der Waals surface area contributed by atoms with E-state index in [-0.39, 0.29) is 11.1 Å². The van der Waals surface area contributed by atoms with E-state index in [0.717, 1.165) is 17.7 Å². The first-order valence-electron chi connectivity index (χ1n) is 4.97. The Morgan fingerprint density at radius 2 is 2.00 bits per heavy atom. The molecule has 0 aliphatic rings. The van der Waals surface area contributed by atoms with Crippen LogP contribution in [-0.2, 0) is 0 Å². The summed E-state index contributed by atoms with van der Waals surface area (Å²) in [6.07, 6.45) is 3.03. The van der Waals surface area contributed by atoms with Gasteiger partial charge in [0.1, 0.15) is 0 Å². The lowest BCUT2D eigenvalue weighted by Gasteiger charge is -2.16. The molecule has 1 aromatic carbocycles. The Kier molecular flexibility index (Phi) is 3.45. The number of nitrogens with one attached hydrogen (secondary N) is 1. The molecule has 0 saturated carbocycles. The standard InChI is InChI=1S/C12H10ClF2NO/c1-16-12(7-2-3-17-6-7)8-4-10(14)11(15)5-9(8)13/h2-6,12,16H,1H3. The molecule has 0 spiro atoms. The van der Waals surface area contributed by atoms with Crippen LogP contribution in [0, 0.1) is 11.6 Å². The Bertz CT molecular complexity index is 513. The monoisotopic (exact) mass is 257 g/mol. The van der Waals surface area contributed by atoms with Crippen molar-refractivity contribution in [3.05, 3.63) is 58.5 Å². The van der Waals surface area contributed by atoms with Gasteiger partial charge in [0.05, 0.1) is 18.6 Å². The first-order valence-corrected chi connectivity index (χ1v) is 5.35. The molecule has 1 atom stereocenters. The van der Waals surface area contributed by atoms with Gasteiger partial charge in [-0.1, -0.05) is 11.6 Å². The van der Waals surface area contributed by atoms with Crippen LogP contribution < -0.4 is 5.32 Å². The van der Waals surface area contributed by atoms with Crippen molar-refractivity contribution in [3.63, 3.8) is 0 Å². The number of rotatable bonds is 3. The molecule has 90 valence electrons. The first-order chi connectivity index (χ1) is 8.13. The van der Waals surface area contributed by atoms with Gasteiger partial charge in [-0.25, -0.2) is 8.78 Å². The van der Waals surface area contributed by atoms with Gasteiger partial charge in [0, 0.05) is 10.6 Å². The normalized spacial score (nSPS) is 12.7. The summed E-state index contributed by atoms with van der Waals surface area (Å²) in [6.45, 7) is 0. The summed E-state index contributed by atoms with van der Waals surface area (Å²) in [4.78, 5) is 0.